The number of aryl methyl sites for hydroxylation is 1. The highest BCUT2D eigenvalue weighted by atomic mass is 19.4. The SMILES string of the molecule is COc1ccc(CN(Cc2ccc(OC)cc2)c2cc(C)c(C(F)(F)F)c(-c3cc(F)c(C(=O)O)cc3F)n2)cc1. The average molecular weight is 573 g/mol. The van der Waals surface area contributed by atoms with Gasteiger partial charge in [0, 0.05) is 18.7 Å². The van der Waals surface area contributed by atoms with Gasteiger partial charge in [0.2, 0.25) is 0 Å². The molecule has 3 aromatic carbocycles. The quantitative estimate of drug-likeness (QED) is 0.213. The third kappa shape index (κ3) is 6.56. The Morgan fingerprint density at radius 3 is 1.80 bits per heavy atom. The molecular formula is C30H25F5N2O4. The number of pyridine rings is 1. The van der Waals surface area contributed by atoms with Crippen LogP contribution in [-0.4, -0.2) is 30.3 Å². The van der Waals surface area contributed by atoms with Gasteiger partial charge in [-0.15, -0.1) is 0 Å². The zero-order valence-corrected chi connectivity index (χ0v) is 22.2. The summed E-state index contributed by atoms with van der Waals surface area (Å²) in [6.07, 6.45) is -4.96. The smallest absolute Gasteiger partial charge is 0.418 e. The molecule has 41 heavy (non-hydrogen) atoms. The van der Waals surface area contributed by atoms with Gasteiger partial charge >= 0.3 is 12.1 Å². The van der Waals surface area contributed by atoms with Gasteiger partial charge in [0.15, 0.2) is 0 Å². The predicted molar refractivity (Wildman–Crippen MR) is 142 cm³/mol. The predicted octanol–water partition coefficient (Wildman–Crippen LogP) is 7.28. The maximum Gasteiger partial charge on any atom is 0.418 e. The Labute approximate surface area is 232 Å². The number of anilines is 1. The van der Waals surface area contributed by atoms with Crippen molar-refractivity contribution in [3.8, 4) is 22.8 Å². The number of rotatable bonds is 9. The summed E-state index contributed by atoms with van der Waals surface area (Å²) in [4.78, 5) is 17.2. The molecule has 4 aromatic rings. The topological polar surface area (TPSA) is 71.9 Å². The van der Waals surface area contributed by atoms with Crippen LogP contribution in [0.5, 0.6) is 11.5 Å². The molecule has 0 fully saturated rings. The van der Waals surface area contributed by atoms with Crippen molar-refractivity contribution in [2.75, 3.05) is 19.1 Å². The molecular weight excluding hydrogens is 547 g/mol. The normalized spacial score (nSPS) is 11.3. The molecule has 0 atom stereocenters. The number of benzene rings is 3. The Hall–Kier alpha value is -4.67. The summed E-state index contributed by atoms with van der Waals surface area (Å²) < 4.78 is 82.7. The van der Waals surface area contributed by atoms with Gasteiger partial charge in [-0.3, -0.25) is 0 Å². The molecule has 4 rings (SSSR count). The van der Waals surface area contributed by atoms with Crippen LogP contribution in [0.15, 0.2) is 66.7 Å². The van der Waals surface area contributed by atoms with Gasteiger partial charge in [-0.1, -0.05) is 24.3 Å². The van der Waals surface area contributed by atoms with Gasteiger partial charge in [0.25, 0.3) is 0 Å². The van der Waals surface area contributed by atoms with E-state index in [1.54, 1.807) is 53.4 Å². The van der Waals surface area contributed by atoms with E-state index in [4.69, 9.17) is 14.6 Å². The van der Waals surface area contributed by atoms with Crippen molar-refractivity contribution < 1.29 is 41.3 Å². The fraction of sp³-hybridized carbons (Fsp3) is 0.200. The second kappa shape index (κ2) is 11.8. The first-order chi connectivity index (χ1) is 19.4. The molecule has 0 amide bonds. The summed E-state index contributed by atoms with van der Waals surface area (Å²) in [5, 5.41) is 9.12. The fourth-order valence-corrected chi connectivity index (χ4v) is 4.38. The summed E-state index contributed by atoms with van der Waals surface area (Å²) in [6.45, 7) is 1.60. The standard InChI is InChI=1S/C30H25F5N2O4/c1-17-12-26(36-28(27(17)30(33,34)35)22-13-25(32)23(29(38)39)14-24(22)31)37(15-18-4-8-20(40-2)9-5-18)16-19-6-10-21(41-3)11-7-19/h4-14H,15-16H2,1-3H3,(H,38,39). The molecule has 0 aliphatic carbocycles. The van der Waals surface area contributed by atoms with Gasteiger partial charge in [0.05, 0.1) is 31.0 Å². The molecule has 0 radical (unpaired) electrons. The molecule has 0 spiro atoms. The lowest BCUT2D eigenvalue weighted by Crippen LogP contribution is -2.24. The van der Waals surface area contributed by atoms with Crippen LogP contribution in [-0.2, 0) is 19.3 Å². The van der Waals surface area contributed by atoms with Crippen LogP contribution in [0, 0.1) is 18.6 Å². The summed E-state index contributed by atoms with van der Waals surface area (Å²) in [6, 6.07) is 16.1. The fourth-order valence-electron chi connectivity index (χ4n) is 4.38. The molecule has 11 heteroatoms. The summed E-state index contributed by atoms with van der Waals surface area (Å²) in [7, 11) is 3.04. The Balaban J connectivity index is 1.89. The minimum atomic E-state index is -4.96. The molecule has 0 aliphatic rings. The Morgan fingerprint density at radius 1 is 0.854 bits per heavy atom. The van der Waals surface area contributed by atoms with Gasteiger partial charge in [-0.05, 0) is 66.1 Å². The molecule has 1 aromatic heterocycles. The molecule has 0 bridgehead atoms. The molecule has 1 N–H and O–H groups in total. The largest absolute Gasteiger partial charge is 0.497 e. The Kier molecular flexibility index (Phi) is 8.46. The second-order valence-electron chi connectivity index (χ2n) is 9.19. The molecule has 1 heterocycles. The van der Waals surface area contributed by atoms with Gasteiger partial charge in [-0.2, -0.15) is 13.2 Å². The highest BCUT2D eigenvalue weighted by molar-refractivity contribution is 5.89. The van der Waals surface area contributed by atoms with Crippen LogP contribution >= 0.6 is 0 Å². The number of hydrogen-bond donors (Lipinski definition) is 1. The Bertz CT molecular complexity index is 1510. The maximum absolute atomic E-state index is 15.1. The van der Waals surface area contributed by atoms with Crippen LogP contribution in [0.1, 0.15) is 32.6 Å². The number of carboxylic acids is 1. The van der Waals surface area contributed by atoms with Crippen LogP contribution in [0.3, 0.4) is 0 Å². The van der Waals surface area contributed by atoms with Crippen LogP contribution in [0.4, 0.5) is 27.8 Å². The number of carboxylic acid groups (broad SMARTS) is 1. The van der Waals surface area contributed by atoms with Crippen molar-refractivity contribution in [1.82, 2.24) is 4.98 Å². The van der Waals surface area contributed by atoms with E-state index in [0.717, 1.165) is 11.1 Å². The Morgan fingerprint density at radius 2 is 1.37 bits per heavy atom. The van der Waals surface area contributed by atoms with Gasteiger partial charge in [0.1, 0.15) is 29.0 Å². The van der Waals surface area contributed by atoms with Crippen molar-refractivity contribution in [1.29, 1.82) is 0 Å². The molecule has 214 valence electrons. The van der Waals surface area contributed by atoms with Gasteiger partial charge in [-0.25, -0.2) is 18.6 Å². The van der Waals surface area contributed by atoms with E-state index in [1.807, 2.05) is 0 Å². The number of carbonyl (C=O) groups is 1. The van der Waals surface area contributed by atoms with Crippen molar-refractivity contribution in [2.24, 2.45) is 0 Å². The number of ether oxygens (including phenoxy) is 2. The van der Waals surface area contributed by atoms with E-state index >= 15 is 4.39 Å². The zero-order chi connectivity index (χ0) is 29.9. The summed E-state index contributed by atoms with van der Waals surface area (Å²) in [5.74, 6) is -3.20. The lowest BCUT2D eigenvalue weighted by molar-refractivity contribution is -0.137. The number of aromatic nitrogens is 1. The highest BCUT2D eigenvalue weighted by Crippen LogP contribution is 2.41. The number of alkyl halides is 3. The average Bonchev–Trinajstić information content (AvgIpc) is 2.93. The van der Waals surface area contributed by atoms with Crippen molar-refractivity contribution >= 4 is 11.8 Å². The van der Waals surface area contributed by atoms with Crippen LogP contribution in [0.25, 0.3) is 11.3 Å². The van der Waals surface area contributed by atoms with E-state index in [0.29, 0.717) is 23.6 Å². The van der Waals surface area contributed by atoms with Crippen molar-refractivity contribution in [2.45, 2.75) is 26.2 Å². The summed E-state index contributed by atoms with van der Waals surface area (Å²) in [5.41, 5.74) is -2.63. The monoisotopic (exact) mass is 572 g/mol. The van der Waals surface area contributed by atoms with Crippen LogP contribution < -0.4 is 14.4 Å². The maximum atomic E-state index is 15.1. The zero-order valence-electron chi connectivity index (χ0n) is 22.2. The minimum absolute atomic E-state index is 0.0688. The third-order valence-electron chi connectivity index (χ3n) is 6.42. The van der Waals surface area contributed by atoms with Crippen molar-refractivity contribution in [3.63, 3.8) is 0 Å². The number of halogens is 5. The molecule has 0 aliphatic heterocycles. The third-order valence-corrected chi connectivity index (χ3v) is 6.42. The number of nitrogens with zero attached hydrogens (tertiary/aromatic N) is 2. The van der Waals surface area contributed by atoms with E-state index < -0.39 is 46.2 Å². The highest BCUT2D eigenvalue weighted by Gasteiger charge is 2.38. The first-order valence-corrected chi connectivity index (χ1v) is 12.2. The van der Waals surface area contributed by atoms with E-state index in [1.165, 1.54) is 27.2 Å². The van der Waals surface area contributed by atoms with Crippen LogP contribution in [0.2, 0.25) is 0 Å². The lowest BCUT2D eigenvalue weighted by atomic mass is 9.98. The van der Waals surface area contributed by atoms with E-state index in [-0.39, 0.29) is 24.5 Å². The summed E-state index contributed by atoms with van der Waals surface area (Å²) >= 11 is 0. The molecule has 0 saturated heterocycles. The molecule has 0 unspecified atom stereocenters. The second-order valence-corrected chi connectivity index (χ2v) is 9.19. The van der Waals surface area contributed by atoms with E-state index in [9.17, 15) is 22.4 Å². The number of aromatic carboxylic acids is 1. The first kappa shape index (κ1) is 29.3. The lowest BCUT2D eigenvalue weighted by Gasteiger charge is -2.27. The van der Waals surface area contributed by atoms with E-state index in [2.05, 4.69) is 4.98 Å². The molecule has 0 saturated carbocycles. The molecule has 6 nitrogen and oxygen atoms in total. The number of methoxy groups -OCH3 is 2. The number of hydrogen-bond acceptors (Lipinski definition) is 5. The first-order valence-electron chi connectivity index (χ1n) is 12.2. The van der Waals surface area contributed by atoms with Crippen molar-refractivity contribution in [3.05, 3.63) is 106 Å². The van der Waals surface area contributed by atoms with Gasteiger partial charge < -0.3 is 19.5 Å². The minimum Gasteiger partial charge on any atom is -0.497 e.